The van der Waals surface area contributed by atoms with Crippen LogP contribution in [0.2, 0.25) is 5.02 Å². The Morgan fingerprint density at radius 2 is 1.74 bits per heavy atom. The van der Waals surface area contributed by atoms with Crippen molar-refractivity contribution >= 4 is 23.3 Å². The molecule has 0 aliphatic carbocycles. The second kappa shape index (κ2) is 9.34. The number of urea groups is 1. The second-order valence-electron chi connectivity index (χ2n) is 5.70. The number of aliphatic hydroxyl groups is 1. The average molecular weight is 395 g/mol. The molecule has 0 saturated heterocycles. The third-order valence-corrected chi connectivity index (χ3v) is 4.47. The fraction of sp³-hybridized carbons (Fsp3) is 0.316. The molecule has 0 aliphatic heterocycles. The second-order valence-corrected chi connectivity index (χ2v) is 6.11. The van der Waals surface area contributed by atoms with E-state index in [9.17, 15) is 9.90 Å². The summed E-state index contributed by atoms with van der Waals surface area (Å²) >= 11 is 6.14. The summed E-state index contributed by atoms with van der Waals surface area (Å²) in [6.07, 6.45) is 0. The van der Waals surface area contributed by atoms with Gasteiger partial charge in [0.2, 0.25) is 0 Å². The molecule has 0 saturated carbocycles. The van der Waals surface area contributed by atoms with Gasteiger partial charge in [0.25, 0.3) is 0 Å². The Labute approximate surface area is 163 Å². The molecule has 0 aromatic heterocycles. The maximum atomic E-state index is 12.7. The molecule has 0 fully saturated rings. The molecular weight excluding hydrogens is 372 g/mol. The SMILES string of the molecule is COc1ccc([C@@H](CO)N(C)C(=O)Nc2cc(Cl)c(OC)cc2OC)cc1. The number of ether oxygens (including phenoxy) is 3. The number of benzene rings is 2. The van der Waals surface area contributed by atoms with Crippen LogP contribution in [0.4, 0.5) is 10.5 Å². The third kappa shape index (κ3) is 4.75. The number of hydrogen-bond acceptors (Lipinski definition) is 5. The Balaban J connectivity index is 2.21. The quantitative estimate of drug-likeness (QED) is 0.750. The Bertz CT molecular complexity index is 782. The molecule has 0 bridgehead atoms. The first-order chi connectivity index (χ1) is 12.9. The Hall–Kier alpha value is -2.64. The van der Waals surface area contributed by atoms with Gasteiger partial charge in [-0.2, -0.15) is 0 Å². The van der Waals surface area contributed by atoms with Gasteiger partial charge in [0.1, 0.15) is 17.2 Å². The van der Waals surface area contributed by atoms with Crippen molar-refractivity contribution in [2.24, 2.45) is 0 Å². The maximum Gasteiger partial charge on any atom is 0.322 e. The van der Waals surface area contributed by atoms with Crippen LogP contribution in [-0.4, -0.2) is 51.0 Å². The van der Waals surface area contributed by atoms with E-state index in [0.29, 0.717) is 28.0 Å². The number of amides is 2. The highest BCUT2D eigenvalue weighted by Gasteiger charge is 2.22. The van der Waals surface area contributed by atoms with E-state index in [1.807, 2.05) is 0 Å². The summed E-state index contributed by atoms with van der Waals surface area (Å²) in [4.78, 5) is 14.1. The van der Waals surface area contributed by atoms with Crippen LogP contribution in [0.15, 0.2) is 36.4 Å². The number of nitrogens with zero attached hydrogens (tertiary/aromatic N) is 1. The number of aliphatic hydroxyl groups excluding tert-OH is 1. The minimum atomic E-state index is -0.532. The normalized spacial score (nSPS) is 11.5. The Kier molecular flexibility index (Phi) is 7.15. The zero-order valence-electron chi connectivity index (χ0n) is 15.7. The van der Waals surface area contributed by atoms with E-state index in [4.69, 9.17) is 25.8 Å². The lowest BCUT2D eigenvalue weighted by atomic mass is 10.1. The van der Waals surface area contributed by atoms with Crippen molar-refractivity contribution in [2.75, 3.05) is 40.3 Å². The number of carbonyl (C=O) groups is 1. The Morgan fingerprint density at radius 3 is 2.26 bits per heavy atom. The first-order valence-electron chi connectivity index (χ1n) is 8.15. The highest BCUT2D eigenvalue weighted by atomic mass is 35.5. The number of nitrogens with one attached hydrogen (secondary N) is 1. The van der Waals surface area contributed by atoms with Crippen molar-refractivity contribution in [3.8, 4) is 17.2 Å². The van der Waals surface area contributed by atoms with Crippen LogP contribution < -0.4 is 19.5 Å². The summed E-state index contributed by atoms with van der Waals surface area (Å²) in [5.41, 5.74) is 1.17. The first kappa shape index (κ1) is 20.7. The lowest BCUT2D eigenvalue weighted by molar-refractivity contribution is 0.158. The lowest BCUT2D eigenvalue weighted by Gasteiger charge is -2.27. The number of rotatable bonds is 7. The van der Waals surface area contributed by atoms with E-state index in [2.05, 4.69) is 5.32 Å². The molecule has 2 N–H and O–H groups in total. The molecule has 27 heavy (non-hydrogen) atoms. The van der Waals surface area contributed by atoms with Crippen molar-refractivity contribution < 1.29 is 24.1 Å². The minimum absolute atomic E-state index is 0.239. The van der Waals surface area contributed by atoms with Gasteiger partial charge in [-0.05, 0) is 23.8 Å². The zero-order chi connectivity index (χ0) is 20.0. The Morgan fingerprint density at radius 1 is 1.11 bits per heavy atom. The van der Waals surface area contributed by atoms with E-state index >= 15 is 0 Å². The molecule has 0 radical (unpaired) electrons. The number of halogens is 1. The van der Waals surface area contributed by atoms with Gasteiger partial charge in [-0.3, -0.25) is 0 Å². The van der Waals surface area contributed by atoms with Crippen molar-refractivity contribution in [2.45, 2.75) is 6.04 Å². The van der Waals surface area contributed by atoms with Gasteiger partial charge in [0.05, 0.1) is 44.7 Å². The lowest BCUT2D eigenvalue weighted by Crippen LogP contribution is -2.36. The number of anilines is 1. The van der Waals surface area contributed by atoms with Gasteiger partial charge < -0.3 is 29.5 Å². The monoisotopic (exact) mass is 394 g/mol. The van der Waals surface area contributed by atoms with Gasteiger partial charge in [-0.1, -0.05) is 23.7 Å². The van der Waals surface area contributed by atoms with Crippen LogP contribution in [0.5, 0.6) is 17.2 Å². The van der Waals surface area contributed by atoms with Gasteiger partial charge in [0, 0.05) is 13.1 Å². The molecule has 0 spiro atoms. The molecule has 146 valence electrons. The average Bonchev–Trinajstić information content (AvgIpc) is 2.69. The third-order valence-electron chi connectivity index (χ3n) is 4.18. The van der Waals surface area contributed by atoms with E-state index in [0.717, 1.165) is 5.56 Å². The van der Waals surface area contributed by atoms with Gasteiger partial charge >= 0.3 is 6.03 Å². The molecule has 2 aromatic rings. The molecule has 2 aromatic carbocycles. The van der Waals surface area contributed by atoms with Crippen molar-refractivity contribution in [1.29, 1.82) is 0 Å². The summed E-state index contributed by atoms with van der Waals surface area (Å²) in [6.45, 7) is -0.239. The van der Waals surface area contributed by atoms with E-state index in [-0.39, 0.29) is 6.61 Å². The van der Waals surface area contributed by atoms with Crippen LogP contribution in [0.25, 0.3) is 0 Å². The topological polar surface area (TPSA) is 80.3 Å². The van der Waals surface area contributed by atoms with Crippen LogP contribution in [0.3, 0.4) is 0 Å². The van der Waals surface area contributed by atoms with E-state index in [1.54, 1.807) is 50.6 Å². The molecule has 1 atom stereocenters. The summed E-state index contributed by atoms with van der Waals surface area (Å²) in [7, 11) is 6.15. The number of methoxy groups -OCH3 is 3. The number of likely N-dealkylation sites (N-methyl/N-ethyl adjacent to an activating group) is 1. The largest absolute Gasteiger partial charge is 0.497 e. The summed E-state index contributed by atoms with van der Waals surface area (Å²) in [5, 5.41) is 12.9. The molecular formula is C19H23ClN2O5. The highest BCUT2D eigenvalue weighted by Crippen LogP contribution is 2.36. The van der Waals surface area contributed by atoms with Crippen molar-refractivity contribution in [3.63, 3.8) is 0 Å². The molecule has 2 amide bonds. The molecule has 8 heteroatoms. The molecule has 0 aliphatic rings. The smallest absolute Gasteiger partial charge is 0.322 e. The molecule has 0 unspecified atom stereocenters. The fourth-order valence-electron chi connectivity index (χ4n) is 2.58. The molecule has 7 nitrogen and oxygen atoms in total. The van der Waals surface area contributed by atoms with Crippen LogP contribution >= 0.6 is 11.6 Å². The van der Waals surface area contributed by atoms with Gasteiger partial charge in [-0.25, -0.2) is 4.79 Å². The number of carbonyl (C=O) groups excluding carboxylic acids is 1. The van der Waals surface area contributed by atoms with Gasteiger partial charge in [0.15, 0.2) is 0 Å². The van der Waals surface area contributed by atoms with Gasteiger partial charge in [-0.15, -0.1) is 0 Å². The maximum absolute atomic E-state index is 12.7. The van der Waals surface area contributed by atoms with E-state index in [1.165, 1.54) is 19.1 Å². The predicted molar refractivity (Wildman–Crippen MR) is 104 cm³/mol. The van der Waals surface area contributed by atoms with Crippen molar-refractivity contribution in [3.05, 3.63) is 47.0 Å². The summed E-state index contributed by atoms with van der Waals surface area (Å²) in [5.74, 6) is 1.54. The summed E-state index contributed by atoms with van der Waals surface area (Å²) in [6, 6.07) is 9.33. The fourth-order valence-corrected chi connectivity index (χ4v) is 2.82. The minimum Gasteiger partial charge on any atom is -0.497 e. The van der Waals surface area contributed by atoms with E-state index < -0.39 is 12.1 Å². The highest BCUT2D eigenvalue weighted by molar-refractivity contribution is 6.32. The predicted octanol–water partition coefficient (Wildman–Crippen LogP) is 3.56. The number of hydrogen-bond donors (Lipinski definition) is 2. The van der Waals surface area contributed by atoms with Crippen LogP contribution in [-0.2, 0) is 0 Å². The first-order valence-corrected chi connectivity index (χ1v) is 8.53. The van der Waals surface area contributed by atoms with Crippen LogP contribution in [0.1, 0.15) is 11.6 Å². The van der Waals surface area contributed by atoms with Crippen molar-refractivity contribution in [1.82, 2.24) is 4.90 Å². The molecule has 0 heterocycles. The van der Waals surface area contributed by atoms with Crippen LogP contribution in [0, 0.1) is 0 Å². The molecule has 2 rings (SSSR count). The summed E-state index contributed by atoms with van der Waals surface area (Å²) < 4.78 is 15.6. The standard InChI is InChI=1S/C19H23ClN2O5/c1-22(16(11-23)12-5-7-13(25-2)8-6-12)19(24)21-15-9-14(20)17(26-3)10-18(15)27-4/h5-10,16,23H,11H2,1-4H3,(H,21,24)/t16-/m1/s1. The zero-order valence-corrected chi connectivity index (χ0v) is 16.4.